The Morgan fingerprint density at radius 2 is 2.00 bits per heavy atom. The van der Waals surface area contributed by atoms with Crippen molar-refractivity contribution in [2.45, 2.75) is 30.2 Å². The van der Waals surface area contributed by atoms with Crippen LogP contribution in [0, 0.1) is 5.92 Å². The molecule has 3 rings (SSSR count). The number of carbonyl (C=O) groups is 1. The largest absolute Gasteiger partial charge is 0.349 e. The van der Waals surface area contributed by atoms with Crippen molar-refractivity contribution in [2.75, 3.05) is 12.3 Å². The maximum atomic E-state index is 12.2. The summed E-state index contributed by atoms with van der Waals surface area (Å²) < 4.78 is 0. The van der Waals surface area contributed by atoms with Crippen molar-refractivity contribution in [1.82, 2.24) is 5.32 Å². The van der Waals surface area contributed by atoms with Gasteiger partial charge in [0.05, 0.1) is 11.3 Å². The van der Waals surface area contributed by atoms with Gasteiger partial charge in [-0.15, -0.1) is 11.8 Å². The van der Waals surface area contributed by atoms with Crippen molar-refractivity contribution in [1.29, 1.82) is 0 Å². The Morgan fingerprint density at radius 3 is 2.68 bits per heavy atom. The predicted molar refractivity (Wildman–Crippen MR) is 93.0 cm³/mol. The molecule has 1 atom stereocenters. The van der Waals surface area contributed by atoms with Gasteiger partial charge < -0.3 is 11.1 Å². The maximum absolute atomic E-state index is 12.2. The van der Waals surface area contributed by atoms with Gasteiger partial charge in [-0.1, -0.05) is 30.3 Å². The van der Waals surface area contributed by atoms with E-state index in [1.54, 1.807) is 11.8 Å². The van der Waals surface area contributed by atoms with Crippen LogP contribution in [0.25, 0.3) is 10.8 Å². The van der Waals surface area contributed by atoms with Gasteiger partial charge in [0.2, 0.25) is 5.91 Å². The minimum absolute atomic E-state index is 0.0676. The zero-order valence-electron chi connectivity index (χ0n) is 12.8. The van der Waals surface area contributed by atoms with Crippen molar-refractivity contribution in [3.63, 3.8) is 0 Å². The SMILES string of the molecule is CC(CN)(NC(=O)CSc1ccc2ccccc2c1)C1CC1. The Hall–Kier alpha value is -1.52. The van der Waals surface area contributed by atoms with Crippen LogP contribution < -0.4 is 11.1 Å². The molecule has 3 nitrogen and oxygen atoms in total. The molecule has 22 heavy (non-hydrogen) atoms. The van der Waals surface area contributed by atoms with Crippen molar-refractivity contribution in [3.8, 4) is 0 Å². The summed E-state index contributed by atoms with van der Waals surface area (Å²) in [5.74, 6) is 1.05. The lowest BCUT2D eigenvalue weighted by molar-refractivity contribution is -0.120. The molecule has 1 aliphatic rings. The maximum Gasteiger partial charge on any atom is 0.230 e. The molecule has 4 heteroatoms. The second kappa shape index (κ2) is 6.31. The van der Waals surface area contributed by atoms with Crippen LogP contribution in [0.3, 0.4) is 0 Å². The second-order valence-electron chi connectivity index (χ2n) is 6.24. The highest BCUT2D eigenvalue weighted by Crippen LogP contribution is 2.39. The van der Waals surface area contributed by atoms with Crippen LogP contribution in [0.15, 0.2) is 47.4 Å². The van der Waals surface area contributed by atoms with E-state index in [2.05, 4.69) is 42.6 Å². The fourth-order valence-electron chi connectivity index (χ4n) is 2.80. The van der Waals surface area contributed by atoms with E-state index in [1.807, 2.05) is 12.1 Å². The minimum atomic E-state index is -0.235. The lowest BCUT2D eigenvalue weighted by atomic mass is 9.96. The Labute approximate surface area is 135 Å². The molecule has 116 valence electrons. The molecular weight excluding hydrogens is 292 g/mol. The molecule has 1 unspecified atom stereocenters. The highest BCUT2D eigenvalue weighted by atomic mass is 32.2. The minimum Gasteiger partial charge on any atom is -0.349 e. The van der Waals surface area contributed by atoms with Gasteiger partial charge in [-0.2, -0.15) is 0 Å². The van der Waals surface area contributed by atoms with Gasteiger partial charge in [-0.3, -0.25) is 4.79 Å². The molecule has 0 aromatic heterocycles. The molecule has 2 aromatic carbocycles. The van der Waals surface area contributed by atoms with E-state index in [9.17, 15) is 4.79 Å². The lowest BCUT2D eigenvalue weighted by Gasteiger charge is -2.29. The Balaban J connectivity index is 1.60. The fraction of sp³-hybridized carbons (Fsp3) is 0.389. The van der Waals surface area contributed by atoms with Crippen LogP contribution in [0.1, 0.15) is 19.8 Å². The summed E-state index contributed by atoms with van der Waals surface area (Å²) in [5.41, 5.74) is 5.61. The third-order valence-electron chi connectivity index (χ3n) is 4.42. The topological polar surface area (TPSA) is 55.1 Å². The first-order chi connectivity index (χ1) is 10.6. The van der Waals surface area contributed by atoms with Crippen molar-refractivity contribution < 1.29 is 4.79 Å². The molecule has 0 bridgehead atoms. The number of rotatable bonds is 6. The van der Waals surface area contributed by atoms with Gasteiger partial charge in [0, 0.05) is 11.4 Å². The van der Waals surface area contributed by atoms with Gasteiger partial charge >= 0.3 is 0 Å². The molecule has 2 aromatic rings. The molecule has 3 N–H and O–H groups in total. The first-order valence-corrected chi connectivity index (χ1v) is 8.72. The molecule has 0 spiro atoms. The number of amides is 1. The number of fused-ring (bicyclic) bond motifs is 1. The van der Waals surface area contributed by atoms with Crippen molar-refractivity contribution in [2.24, 2.45) is 11.7 Å². The zero-order chi connectivity index (χ0) is 15.6. The number of benzene rings is 2. The first-order valence-electron chi connectivity index (χ1n) is 7.73. The lowest BCUT2D eigenvalue weighted by Crippen LogP contribution is -2.53. The quantitative estimate of drug-likeness (QED) is 0.805. The molecule has 0 radical (unpaired) electrons. The standard InChI is InChI=1S/C18H22N2OS/c1-18(12-19,15-7-8-15)20-17(21)11-22-16-9-6-13-4-2-3-5-14(13)10-16/h2-6,9-10,15H,7-8,11-12,19H2,1H3,(H,20,21). The molecular formula is C18H22N2OS. The van der Waals surface area contributed by atoms with Gasteiger partial charge in [0.15, 0.2) is 0 Å². The number of thioether (sulfide) groups is 1. The monoisotopic (exact) mass is 314 g/mol. The summed E-state index contributed by atoms with van der Waals surface area (Å²) in [4.78, 5) is 13.3. The highest BCUT2D eigenvalue weighted by molar-refractivity contribution is 8.00. The smallest absolute Gasteiger partial charge is 0.230 e. The molecule has 1 amide bonds. The number of hydrogen-bond donors (Lipinski definition) is 2. The number of carbonyl (C=O) groups excluding carboxylic acids is 1. The molecule has 1 fully saturated rings. The summed E-state index contributed by atoms with van der Waals surface area (Å²) in [6, 6.07) is 14.6. The summed E-state index contributed by atoms with van der Waals surface area (Å²) in [5, 5.41) is 5.56. The molecule has 1 saturated carbocycles. The molecule has 0 aliphatic heterocycles. The average Bonchev–Trinajstić information content (AvgIpc) is 3.38. The Bertz CT molecular complexity index is 684. The van der Waals surface area contributed by atoms with Crippen LogP contribution in [0.2, 0.25) is 0 Å². The van der Waals surface area contributed by atoms with E-state index in [1.165, 1.54) is 23.6 Å². The van der Waals surface area contributed by atoms with E-state index < -0.39 is 0 Å². The summed E-state index contributed by atoms with van der Waals surface area (Å²) >= 11 is 1.57. The number of nitrogens with one attached hydrogen (secondary N) is 1. The number of hydrogen-bond acceptors (Lipinski definition) is 3. The van der Waals surface area contributed by atoms with E-state index in [0.29, 0.717) is 18.2 Å². The Morgan fingerprint density at radius 1 is 1.27 bits per heavy atom. The number of nitrogens with two attached hydrogens (primary N) is 1. The summed E-state index contributed by atoms with van der Waals surface area (Å²) in [6.07, 6.45) is 2.34. The second-order valence-corrected chi connectivity index (χ2v) is 7.29. The van der Waals surface area contributed by atoms with Gasteiger partial charge in [0.25, 0.3) is 0 Å². The van der Waals surface area contributed by atoms with Crippen LogP contribution in [0.4, 0.5) is 0 Å². The van der Waals surface area contributed by atoms with E-state index >= 15 is 0 Å². The van der Waals surface area contributed by atoms with E-state index in [-0.39, 0.29) is 11.4 Å². The molecule has 1 aliphatic carbocycles. The highest BCUT2D eigenvalue weighted by Gasteiger charge is 2.41. The van der Waals surface area contributed by atoms with E-state index in [0.717, 1.165) is 4.90 Å². The van der Waals surface area contributed by atoms with Crippen LogP contribution in [-0.4, -0.2) is 23.7 Å². The normalized spacial score (nSPS) is 17.2. The zero-order valence-corrected chi connectivity index (χ0v) is 13.7. The van der Waals surface area contributed by atoms with Crippen molar-refractivity contribution >= 4 is 28.4 Å². The Kier molecular flexibility index (Phi) is 4.41. The molecule has 0 saturated heterocycles. The van der Waals surface area contributed by atoms with Crippen LogP contribution >= 0.6 is 11.8 Å². The van der Waals surface area contributed by atoms with E-state index in [4.69, 9.17) is 5.73 Å². The average molecular weight is 314 g/mol. The fourth-order valence-corrected chi connectivity index (χ4v) is 3.55. The van der Waals surface area contributed by atoms with Crippen LogP contribution in [-0.2, 0) is 4.79 Å². The van der Waals surface area contributed by atoms with Gasteiger partial charge in [0.1, 0.15) is 0 Å². The van der Waals surface area contributed by atoms with Gasteiger partial charge in [-0.05, 0) is 48.6 Å². The summed E-state index contributed by atoms with van der Waals surface area (Å²) in [7, 11) is 0. The third kappa shape index (κ3) is 3.45. The first kappa shape index (κ1) is 15.4. The van der Waals surface area contributed by atoms with Crippen LogP contribution in [0.5, 0.6) is 0 Å². The van der Waals surface area contributed by atoms with Crippen molar-refractivity contribution in [3.05, 3.63) is 42.5 Å². The van der Waals surface area contributed by atoms with Gasteiger partial charge in [-0.25, -0.2) is 0 Å². The predicted octanol–water partition coefficient (Wildman–Crippen LogP) is 3.18. The molecule has 0 heterocycles. The third-order valence-corrected chi connectivity index (χ3v) is 5.41. The summed E-state index contributed by atoms with van der Waals surface area (Å²) in [6.45, 7) is 2.56.